The fourth-order valence-corrected chi connectivity index (χ4v) is 4.22. The summed E-state index contributed by atoms with van der Waals surface area (Å²) in [5.74, 6) is 0. The van der Waals surface area contributed by atoms with Crippen LogP contribution in [0.5, 0.6) is 0 Å². The van der Waals surface area contributed by atoms with Crippen molar-refractivity contribution in [1.29, 1.82) is 0 Å². The first kappa shape index (κ1) is 16.1. The van der Waals surface area contributed by atoms with Crippen molar-refractivity contribution in [2.45, 2.75) is 19.3 Å². The SMILES string of the molecule is Cn1c2ccccc2c2cc(/C=C/C3=Nc4ccccc4C3(C)C)ccc21. The first-order valence-corrected chi connectivity index (χ1v) is 9.40. The summed E-state index contributed by atoms with van der Waals surface area (Å²) in [5, 5.41) is 2.60. The Morgan fingerprint density at radius 2 is 1.56 bits per heavy atom. The molecule has 0 atom stereocenters. The second-order valence-corrected chi connectivity index (χ2v) is 7.83. The molecule has 1 aliphatic heterocycles. The molecule has 27 heavy (non-hydrogen) atoms. The summed E-state index contributed by atoms with van der Waals surface area (Å²) in [5.41, 5.74) is 7.18. The van der Waals surface area contributed by atoms with Gasteiger partial charge in [-0.05, 0) is 41.5 Å². The van der Waals surface area contributed by atoms with Crippen molar-refractivity contribution < 1.29 is 0 Å². The van der Waals surface area contributed by atoms with Crippen molar-refractivity contribution in [3.63, 3.8) is 0 Å². The lowest BCUT2D eigenvalue weighted by Crippen LogP contribution is -2.23. The van der Waals surface area contributed by atoms with Crippen LogP contribution in [-0.4, -0.2) is 10.3 Å². The number of nitrogens with zero attached hydrogens (tertiary/aromatic N) is 2. The molecule has 132 valence electrons. The standard InChI is InChI=1S/C25H22N2/c1-25(2)20-9-5-6-10-21(20)26-24(25)15-13-17-12-14-23-19(16-17)18-8-4-7-11-22(18)27(23)3/h4-16H,1-3H3/b15-13+. The number of benzene rings is 3. The summed E-state index contributed by atoms with van der Waals surface area (Å²) in [6, 6.07) is 23.7. The van der Waals surface area contributed by atoms with Gasteiger partial charge in [-0.1, -0.05) is 62.4 Å². The third kappa shape index (κ3) is 2.37. The van der Waals surface area contributed by atoms with E-state index in [1.807, 2.05) is 0 Å². The van der Waals surface area contributed by atoms with Gasteiger partial charge in [0.25, 0.3) is 0 Å². The molecule has 1 aromatic heterocycles. The maximum atomic E-state index is 4.86. The highest BCUT2D eigenvalue weighted by atomic mass is 14.9. The maximum absolute atomic E-state index is 4.86. The van der Waals surface area contributed by atoms with Gasteiger partial charge in [-0.15, -0.1) is 0 Å². The quantitative estimate of drug-likeness (QED) is 0.397. The Hall–Kier alpha value is -3.13. The lowest BCUT2D eigenvalue weighted by molar-refractivity contribution is 0.740. The molecular weight excluding hydrogens is 328 g/mol. The van der Waals surface area contributed by atoms with Crippen LogP contribution in [0.2, 0.25) is 0 Å². The number of aryl methyl sites for hydroxylation is 1. The third-order valence-corrected chi connectivity index (χ3v) is 5.83. The largest absolute Gasteiger partial charge is 0.344 e. The molecule has 2 heterocycles. The number of hydrogen-bond acceptors (Lipinski definition) is 1. The average Bonchev–Trinajstić information content (AvgIpc) is 3.12. The molecular formula is C25H22N2. The van der Waals surface area contributed by atoms with Gasteiger partial charge >= 0.3 is 0 Å². The zero-order valence-electron chi connectivity index (χ0n) is 15.9. The molecule has 3 aromatic carbocycles. The molecule has 5 rings (SSSR count). The van der Waals surface area contributed by atoms with E-state index < -0.39 is 0 Å². The van der Waals surface area contributed by atoms with Crippen LogP contribution in [0.15, 0.2) is 77.8 Å². The van der Waals surface area contributed by atoms with Gasteiger partial charge in [-0.2, -0.15) is 0 Å². The van der Waals surface area contributed by atoms with Gasteiger partial charge in [0, 0.05) is 34.3 Å². The highest BCUT2D eigenvalue weighted by Gasteiger charge is 2.32. The van der Waals surface area contributed by atoms with Crippen LogP contribution in [0.3, 0.4) is 0 Å². The molecule has 2 heteroatoms. The zero-order valence-corrected chi connectivity index (χ0v) is 15.9. The van der Waals surface area contributed by atoms with Crippen LogP contribution in [0, 0.1) is 0 Å². The van der Waals surface area contributed by atoms with Crippen molar-refractivity contribution in [2.24, 2.45) is 12.0 Å². The molecule has 0 unspecified atom stereocenters. The summed E-state index contributed by atoms with van der Waals surface area (Å²) in [4.78, 5) is 4.86. The minimum Gasteiger partial charge on any atom is -0.344 e. The topological polar surface area (TPSA) is 17.3 Å². The summed E-state index contributed by atoms with van der Waals surface area (Å²) >= 11 is 0. The van der Waals surface area contributed by atoms with Gasteiger partial charge in [0.1, 0.15) is 0 Å². The summed E-state index contributed by atoms with van der Waals surface area (Å²) in [6.45, 7) is 4.49. The van der Waals surface area contributed by atoms with Gasteiger partial charge in [-0.25, -0.2) is 0 Å². The molecule has 2 nitrogen and oxygen atoms in total. The predicted molar refractivity (Wildman–Crippen MR) is 116 cm³/mol. The van der Waals surface area contributed by atoms with E-state index in [1.165, 1.54) is 32.9 Å². The highest BCUT2D eigenvalue weighted by Crippen LogP contribution is 2.40. The summed E-state index contributed by atoms with van der Waals surface area (Å²) < 4.78 is 2.26. The molecule has 0 bridgehead atoms. The molecule has 0 aliphatic carbocycles. The Morgan fingerprint density at radius 3 is 2.41 bits per heavy atom. The number of rotatable bonds is 2. The molecule has 0 fully saturated rings. The van der Waals surface area contributed by atoms with Crippen LogP contribution in [0.25, 0.3) is 27.9 Å². The molecule has 0 N–H and O–H groups in total. The number of aliphatic imine (C=N–C) groups is 1. The monoisotopic (exact) mass is 350 g/mol. The van der Waals surface area contributed by atoms with Crippen molar-refractivity contribution in [1.82, 2.24) is 4.57 Å². The van der Waals surface area contributed by atoms with Crippen LogP contribution < -0.4 is 0 Å². The lowest BCUT2D eigenvalue weighted by atomic mass is 9.81. The third-order valence-electron chi connectivity index (χ3n) is 5.83. The van der Waals surface area contributed by atoms with E-state index >= 15 is 0 Å². The first-order valence-electron chi connectivity index (χ1n) is 9.40. The zero-order chi connectivity index (χ0) is 18.6. The Balaban J connectivity index is 1.57. The van der Waals surface area contributed by atoms with Crippen LogP contribution in [-0.2, 0) is 12.5 Å². The first-order chi connectivity index (χ1) is 13.1. The van der Waals surface area contributed by atoms with E-state index in [1.54, 1.807) is 0 Å². The van der Waals surface area contributed by atoms with E-state index in [0.29, 0.717) is 0 Å². The van der Waals surface area contributed by atoms with Gasteiger partial charge in [0.2, 0.25) is 0 Å². The molecule has 0 radical (unpaired) electrons. The normalized spacial score (nSPS) is 15.6. The highest BCUT2D eigenvalue weighted by molar-refractivity contribution is 6.11. The van der Waals surface area contributed by atoms with Crippen molar-refractivity contribution in [3.05, 3.63) is 83.9 Å². The average molecular weight is 350 g/mol. The molecule has 1 aliphatic rings. The Labute approximate surface area is 159 Å². The number of hydrogen-bond donors (Lipinski definition) is 0. The Kier molecular flexibility index (Phi) is 3.38. The van der Waals surface area contributed by atoms with Gasteiger partial charge in [0.05, 0.1) is 11.4 Å². The Morgan fingerprint density at radius 1 is 0.815 bits per heavy atom. The molecule has 4 aromatic rings. The Bertz CT molecular complexity index is 1250. The fourth-order valence-electron chi connectivity index (χ4n) is 4.22. The summed E-state index contributed by atoms with van der Waals surface area (Å²) in [7, 11) is 2.13. The number of aromatic nitrogens is 1. The van der Waals surface area contributed by atoms with E-state index in [-0.39, 0.29) is 5.41 Å². The molecule has 0 spiro atoms. The summed E-state index contributed by atoms with van der Waals surface area (Å²) in [6.07, 6.45) is 4.36. The van der Waals surface area contributed by atoms with Crippen molar-refractivity contribution in [3.8, 4) is 0 Å². The minimum atomic E-state index is -0.0589. The van der Waals surface area contributed by atoms with Crippen LogP contribution >= 0.6 is 0 Å². The van der Waals surface area contributed by atoms with E-state index in [2.05, 4.69) is 104 Å². The second-order valence-electron chi connectivity index (χ2n) is 7.83. The molecule has 0 saturated heterocycles. The number of allylic oxidation sites excluding steroid dienone is 1. The number of fused-ring (bicyclic) bond motifs is 4. The lowest BCUT2D eigenvalue weighted by Gasteiger charge is -2.20. The van der Waals surface area contributed by atoms with Crippen molar-refractivity contribution >= 4 is 39.3 Å². The predicted octanol–water partition coefficient (Wildman–Crippen LogP) is 6.41. The minimum absolute atomic E-state index is 0.0589. The number of para-hydroxylation sites is 2. The van der Waals surface area contributed by atoms with Gasteiger partial charge < -0.3 is 4.57 Å². The molecule has 0 amide bonds. The van der Waals surface area contributed by atoms with E-state index in [9.17, 15) is 0 Å². The molecule has 0 saturated carbocycles. The van der Waals surface area contributed by atoms with Gasteiger partial charge in [-0.3, -0.25) is 4.99 Å². The van der Waals surface area contributed by atoms with E-state index in [4.69, 9.17) is 4.99 Å². The van der Waals surface area contributed by atoms with E-state index in [0.717, 1.165) is 11.4 Å². The smallest absolute Gasteiger partial charge is 0.0674 e. The van der Waals surface area contributed by atoms with Crippen molar-refractivity contribution in [2.75, 3.05) is 0 Å². The van der Waals surface area contributed by atoms with Crippen LogP contribution in [0.4, 0.5) is 5.69 Å². The van der Waals surface area contributed by atoms with Crippen LogP contribution in [0.1, 0.15) is 25.0 Å². The fraction of sp³-hybridized carbons (Fsp3) is 0.160. The van der Waals surface area contributed by atoms with Gasteiger partial charge in [0.15, 0.2) is 0 Å². The second kappa shape index (κ2) is 5.68. The maximum Gasteiger partial charge on any atom is 0.0674 e.